The first-order valence-corrected chi connectivity index (χ1v) is 13.2. The van der Waals surface area contributed by atoms with E-state index in [0.29, 0.717) is 27.8 Å². The number of carbonyl (C=O) groups excluding carboxylic acids is 2. The van der Waals surface area contributed by atoms with Gasteiger partial charge in [0.15, 0.2) is 0 Å². The molecular formula is C22H26Cl3N3O5S. The van der Waals surface area contributed by atoms with Gasteiger partial charge in [-0.15, -0.1) is 0 Å². The van der Waals surface area contributed by atoms with Crippen LogP contribution < -0.4 is 14.4 Å². The number of methoxy groups -OCH3 is 1. The molecule has 1 atom stereocenters. The van der Waals surface area contributed by atoms with Crippen molar-refractivity contribution in [3.8, 4) is 5.75 Å². The molecule has 2 amide bonds. The van der Waals surface area contributed by atoms with Gasteiger partial charge < -0.3 is 15.0 Å². The van der Waals surface area contributed by atoms with Crippen molar-refractivity contribution in [3.05, 3.63) is 57.0 Å². The lowest BCUT2D eigenvalue weighted by Crippen LogP contribution is -2.51. The van der Waals surface area contributed by atoms with Crippen molar-refractivity contribution in [3.63, 3.8) is 0 Å². The molecule has 0 aliphatic carbocycles. The predicted molar refractivity (Wildman–Crippen MR) is 135 cm³/mol. The number of ether oxygens (including phenoxy) is 1. The predicted octanol–water partition coefficient (Wildman–Crippen LogP) is 3.97. The van der Waals surface area contributed by atoms with E-state index >= 15 is 0 Å². The molecule has 0 heterocycles. The number of anilines is 1. The van der Waals surface area contributed by atoms with Crippen LogP contribution in [-0.4, -0.2) is 58.1 Å². The van der Waals surface area contributed by atoms with Crippen LogP contribution in [0.5, 0.6) is 5.75 Å². The zero-order valence-electron chi connectivity index (χ0n) is 19.1. The van der Waals surface area contributed by atoms with E-state index in [1.807, 2.05) is 0 Å². The van der Waals surface area contributed by atoms with E-state index in [0.717, 1.165) is 10.6 Å². The number of likely N-dealkylation sites (N-methyl/N-ethyl adjacent to an activating group) is 1. The van der Waals surface area contributed by atoms with Crippen LogP contribution >= 0.6 is 34.8 Å². The number of benzene rings is 2. The highest BCUT2D eigenvalue weighted by Gasteiger charge is 2.31. The maximum atomic E-state index is 13.5. The molecule has 186 valence electrons. The summed E-state index contributed by atoms with van der Waals surface area (Å²) in [5, 5.41) is 3.47. The summed E-state index contributed by atoms with van der Waals surface area (Å²) in [6.45, 7) is 1.17. The molecule has 2 rings (SSSR count). The Kier molecular flexibility index (Phi) is 9.87. The first-order chi connectivity index (χ1) is 15.9. The number of hydrogen-bond acceptors (Lipinski definition) is 5. The summed E-state index contributed by atoms with van der Waals surface area (Å²) in [5.41, 5.74) is 0.735. The zero-order chi connectivity index (χ0) is 25.6. The van der Waals surface area contributed by atoms with E-state index in [2.05, 4.69) is 5.32 Å². The van der Waals surface area contributed by atoms with E-state index in [9.17, 15) is 18.0 Å². The van der Waals surface area contributed by atoms with Crippen LogP contribution in [0.1, 0.15) is 18.9 Å². The Hall–Kier alpha value is -2.20. The van der Waals surface area contributed by atoms with Crippen LogP contribution in [0.3, 0.4) is 0 Å². The number of halogens is 3. The van der Waals surface area contributed by atoms with Crippen molar-refractivity contribution in [2.75, 3.05) is 31.3 Å². The average molecular weight is 551 g/mol. The van der Waals surface area contributed by atoms with Crippen LogP contribution in [0.4, 0.5) is 5.69 Å². The van der Waals surface area contributed by atoms with Gasteiger partial charge in [0, 0.05) is 23.6 Å². The maximum absolute atomic E-state index is 13.5. The minimum absolute atomic E-state index is 0.0261. The van der Waals surface area contributed by atoms with E-state index in [1.165, 1.54) is 43.3 Å². The molecule has 0 aromatic heterocycles. The van der Waals surface area contributed by atoms with Gasteiger partial charge in [-0.3, -0.25) is 13.9 Å². The second-order valence-electron chi connectivity index (χ2n) is 7.38. The number of carbonyl (C=O) groups is 2. The van der Waals surface area contributed by atoms with Crippen LogP contribution in [0, 0.1) is 0 Å². The molecule has 2 aromatic carbocycles. The molecule has 0 radical (unpaired) electrons. The summed E-state index contributed by atoms with van der Waals surface area (Å²) in [6.07, 6.45) is 1.28. The molecule has 1 N–H and O–H groups in total. The maximum Gasteiger partial charge on any atom is 0.244 e. The largest absolute Gasteiger partial charge is 0.495 e. The van der Waals surface area contributed by atoms with Gasteiger partial charge in [0.05, 0.1) is 24.1 Å². The molecular weight excluding hydrogens is 525 g/mol. The first-order valence-electron chi connectivity index (χ1n) is 10.2. The van der Waals surface area contributed by atoms with E-state index in [4.69, 9.17) is 39.5 Å². The number of rotatable bonds is 10. The third kappa shape index (κ3) is 6.91. The van der Waals surface area contributed by atoms with Crippen LogP contribution in [0.2, 0.25) is 15.1 Å². The molecule has 0 saturated carbocycles. The molecule has 8 nitrogen and oxygen atoms in total. The molecule has 12 heteroatoms. The summed E-state index contributed by atoms with van der Waals surface area (Å²) in [7, 11) is -0.989. The molecule has 2 aromatic rings. The number of sulfonamides is 1. The second kappa shape index (κ2) is 12.0. The minimum atomic E-state index is -3.89. The summed E-state index contributed by atoms with van der Waals surface area (Å²) < 4.78 is 31.2. The summed E-state index contributed by atoms with van der Waals surface area (Å²) in [4.78, 5) is 27.4. The topological polar surface area (TPSA) is 96.0 Å². The van der Waals surface area contributed by atoms with Crippen molar-refractivity contribution in [2.24, 2.45) is 0 Å². The van der Waals surface area contributed by atoms with Crippen LogP contribution in [0.25, 0.3) is 0 Å². The van der Waals surface area contributed by atoms with Gasteiger partial charge in [0.25, 0.3) is 0 Å². The van der Waals surface area contributed by atoms with Gasteiger partial charge in [0.1, 0.15) is 18.3 Å². The lowest BCUT2D eigenvalue weighted by Gasteiger charge is -2.32. The van der Waals surface area contributed by atoms with Crippen molar-refractivity contribution in [1.29, 1.82) is 0 Å². The lowest BCUT2D eigenvalue weighted by molar-refractivity contribution is -0.140. The number of hydrogen-bond donors (Lipinski definition) is 1. The van der Waals surface area contributed by atoms with Gasteiger partial charge in [-0.1, -0.05) is 47.8 Å². The number of nitrogens with one attached hydrogen (secondary N) is 1. The van der Waals surface area contributed by atoms with Gasteiger partial charge in [0.2, 0.25) is 21.8 Å². The molecule has 0 unspecified atom stereocenters. The Morgan fingerprint density at radius 2 is 1.76 bits per heavy atom. The minimum Gasteiger partial charge on any atom is -0.495 e. The first kappa shape index (κ1) is 28.0. The van der Waals surface area contributed by atoms with Gasteiger partial charge in [-0.2, -0.15) is 0 Å². The van der Waals surface area contributed by atoms with Crippen molar-refractivity contribution >= 4 is 62.3 Å². The fourth-order valence-electron chi connectivity index (χ4n) is 3.34. The second-order valence-corrected chi connectivity index (χ2v) is 10.5. The molecule has 0 bridgehead atoms. The Morgan fingerprint density at radius 1 is 1.09 bits per heavy atom. The fraction of sp³-hybridized carbons (Fsp3) is 0.364. The third-order valence-electron chi connectivity index (χ3n) is 5.09. The monoisotopic (exact) mass is 549 g/mol. The van der Waals surface area contributed by atoms with Gasteiger partial charge in [-0.05, 0) is 42.3 Å². The van der Waals surface area contributed by atoms with E-state index < -0.39 is 28.5 Å². The summed E-state index contributed by atoms with van der Waals surface area (Å²) in [5.74, 6) is -0.631. The highest BCUT2D eigenvalue weighted by Crippen LogP contribution is 2.30. The third-order valence-corrected chi connectivity index (χ3v) is 7.11. The van der Waals surface area contributed by atoms with Crippen LogP contribution in [0.15, 0.2) is 36.4 Å². The average Bonchev–Trinajstić information content (AvgIpc) is 2.77. The van der Waals surface area contributed by atoms with Crippen molar-refractivity contribution in [2.45, 2.75) is 25.9 Å². The van der Waals surface area contributed by atoms with E-state index in [1.54, 1.807) is 19.1 Å². The van der Waals surface area contributed by atoms with E-state index in [-0.39, 0.29) is 23.2 Å². The fourth-order valence-corrected chi connectivity index (χ4v) is 4.91. The smallest absolute Gasteiger partial charge is 0.244 e. The Balaban J connectivity index is 2.48. The Bertz CT molecular complexity index is 1160. The standard InChI is InChI=1S/C22H26Cl3N3O5S/c1-5-19(22(30)26-2)27(12-14-6-7-15(23)10-17(14)24)21(29)13-28(34(4,31)32)16-8-9-20(33-3)18(25)11-16/h6-11,19H,5,12-13H2,1-4H3,(H,26,30)/t19-/m1/s1. The molecule has 0 spiro atoms. The SMILES string of the molecule is CC[C@H](C(=O)NC)N(Cc1ccc(Cl)cc1Cl)C(=O)CN(c1ccc(OC)c(Cl)c1)S(C)(=O)=O. The summed E-state index contributed by atoms with van der Waals surface area (Å²) in [6, 6.07) is 8.33. The highest BCUT2D eigenvalue weighted by molar-refractivity contribution is 7.92. The number of amides is 2. The van der Waals surface area contributed by atoms with Gasteiger partial charge >= 0.3 is 0 Å². The van der Waals surface area contributed by atoms with Crippen LogP contribution in [-0.2, 0) is 26.2 Å². The lowest BCUT2D eigenvalue weighted by atomic mass is 10.1. The Labute approximate surface area is 214 Å². The molecule has 0 aliphatic heterocycles. The van der Waals surface area contributed by atoms with Crippen molar-refractivity contribution < 1.29 is 22.7 Å². The molecule has 0 saturated heterocycles. The zero-order valence-corrected chi connectivity index (χ0v) is 22.2. The summed E-state index contributed by atoms with van der Waals surface area (Å²) >= 11 is 18.5. The van der Waals surface area contributed by atoms with Gasteiger partial charge in [-0.25, -0.2) is 8.42 Å². The quantitative estimate of drug-likeness (QED) is 0.483. The normalized spacial score (nSPS) is 12.1. The number of nitrogens with zero attached hydrogens (tertiary/aromatic N) is 2. The Morgan fingerprint density at radius 3 is 2.26 bits per heavy atom. The molecule has 34 heavy (non-hydrogen) atoms. The van der Waals surface area contributed by atoms with Crippen molar-refractivity contribution in [1.82, 2.24) is 10.2 Å². The molecule has 0 fully saturated rings. The molecule has 0 aliphatic rings. The highest BCUT2D eigenvalue weighted by atomic mass is 35.5.